The fourth-order valence-electron chi connectivity index (χ4n) is 7.05. The van der Waals surface area contributed by atoms with Gasteiger partial charge in [0.2, 0.25) is 0 Å². The molecule has 0 aliphatic heterocycles. The Kier molecular flexibility index (Phi) is 5.79. The molecule has 45 heavy (non-hydrogen) atoms. The molecule has 3 nitrogen and oxygen atoms in total. The van der Waals surface area contributed by atoms with Crippen LogP contribution in [0.2, 0.25) is 0 Å². The molecule has 9 rings (SSSR count). The van der Waals surface area contributed by atoms with Crippen molar-refractivity contribution in [2.24, 2.45) is 0 Å². The summed E-state index contributed by atoms with van der Waals surface area (Å²) in [7, 11) is 0. The Morgan fingerprint density at radius 2 is 1.20 bits per heavy atom. The maximum atomic E-state index is 5.32. The highest BCUT2D eigenvalue weighted by molar-refractivity contribution is 6.25. The summed E-state index contributed by atoms with van der Waals surface area (Å²) in [6, 6.07) is 52.2. The van der Waals surface area contributed by atoms with Crippen LogP contribution in [0.5, 0.6) is 0 Å². The van der Waals surface area contributed by atoms with Crippen molar-refractivity contribution >= 4 is 54.3 Å². The summed E-state index contributed by atoms with van der Waals surface area (Å²) in [5, 5.41) is 8.47. The second-order valence-corrected chi connectivity index (χ2v) is 11.7. The molecule has 0 amide bonds. The van der Waals surface area contributed by atoms with Gasteiger partial charge in [0.15, 0.2) is 0 Å². The molecular weight excluding hydrogens is 546 g/mol. The van der Waals surface area contributed by atoms with Crippen LogP contribution < -0.4 is 0 Å². The smallest absolute Gasteiger partial charge is 0.141 e. The molecule has 0 spiro atoms. The van der Waals surface area contributed by atoms with Crippen LogP contribution in [0, 0.1) is 0 Å². The van der Waals surface area contributed by atoms with Crippen molar-refractivity contribution < 1.29 is 0 Å². The molecule has 0 aliphatic rings. The van der Waals surface area contributed by atoms with Crippen LogP contribution in [-0.2, 0) is 6.54 Å². The Balaban J connectivity index is 1.35. The van der Waals surface area contributed by atoms with Crippen LogP contribution in [0.4, 0.5) is 0 Å². The number of aryl methyl sites for hydroxylation is 1. The highest BCUT2D eigenvalue weighted by atomic mass is 15.1. The molecule has 7 aromatic carbocycles. The fourth-order valence-corrected chi connectivity index (χ4v) is 7.05. The lowest BCUT2D eigenvalue weighted by Crippen LogP contribution is -1.97. The van der Waals surface area contributed by atoms with Crippen LogP contribution in [0.25, 0.3) is 88.0 Å². The summed E-state index contributed by atoms with van der Waals surface area (Å²) in [5.74, 6) is 0.996. The van der Waals surface area contributed by atoms with Crippen molar-refractivity contribution in [2.75, 3.05) is 0 Å². The summed E-state index contributed by atoms with van der Waals surface area (Å²) < 4.78 is 2.31. The number of para-hydroxylation sites is 3. The molecule has 2 heterocycles. The van der Waals surface area contributed by atoms with E-state index in [4.69, 9.17) is 9.97 Å². The van der Waals surface area contributed by atoms with Gasteiger partial charge in [-0.25, -0.2) is 9.97 Å². The van der Waals surface area contributed by atoms with Crippen molar-refractivity contribution in [3.05, 3.63) is 146 Å². The van der Waals surface area contributed by atoms with E-state index in [1.807, 2.05) is 0 Å². The molecule has 0 saturated heterocycles. The maximum Gasteiger partial charge on any atom is 0.141 e. The van der Waals surface area contributed by atoms with E-state index >= 15 is 0 Å². The highest BCUT2D eigenvalue weighted by Gasteiger charge is 2.18. The van der Waals surface area contributed by atoms with Gasteiger partial charge in [-0.3, -0.25) is 0 Å². The third kappa shape index (κ3) is 4.05. The first kappa shape index (κ1) is 25.7. The minimum Gasteiger partial charge on any atom is -0.324 e. The minimum absolute atomic E-state index is 0.854. The molecule has 0 fully saturated rings. The predicted octanol–water partition coefficient (Wildman–Crippen LogP) is 11.1. The van der Waals surface area contributed by atoms with Gasteiger partial charge in [0.05, 0.1) is 22.2 Å². The number of hydrogen-bond acceptors (Lipinski definition) is 2. The fraction of sp³-hybridized carbons (Fsp3) is 0.0476. The van der Waals surface area contributed by atoms with E-state index < -0.39 is 0 Å². The molecular formula is C42H29N3. The number of pyridine rings is 1. The third-order valence-electron chi connectivity index (χ3n) is 9.13. The van der Waals surface area contributed by atoms with Gasteiger partial charge in [0, 0.05) is 33.8 Å². The zero-order chi connectivity index (χ0) is 29.9. The van der Waals surface area contributed by atoms with Gasteiger partial charge in [-0.1, -0.05) is 109 Å². The molecule has 212 valence electrons. The Hall–Kier alpha value is -5.80. The minimum atomic E-state index is 0.854. The standard InChI is InChI=1S/C42H29N3/c1-2-45-39-21-10-9-20-38(39)44-42(45)31-15-11-14-29(25-31)35-26-36-40(33-17-6-5-16-32(33)35)34-18-7-8-19-37(34)43-41(36)30-23-22-27-12-3-4-13-28(27)24-30/h3-26H,2H2,1H3. The van der Waals surface area contributed by atoms with E-state index in [2.05, 4.69) is 157 Å². The van der Waals surface area contributed by atoms with Gasteiger partial charge in [-0.05, 0) is 76.0 Å². The number of benzene rings is 7. The quantitative estimate of drug-likeness (QED) is 0.195. The number of imidazole rings is 1. The number of fused-ring (bicyclic) bond motifs is 7. The summed E-state index contributed by atoms with van der Waals surface area (Å²) in [6.07, 6.45) is 0. The molecule has 0 N–H and O–H groups in total. The monoisotopic (exact) mass is 575 g/mol. The van der Waals surface area contributed by atoms with Gasteiger partial charge in [-0.2, -0.15) is 0 Å². The van der Waals surface area contributed by atoms with Gasteiger partial charge < -0.3 is 4.57 Å². The van der Waals surface area contributed by atoms with Gasteiger partial charge in [-0.15, -0.1) is 0 Å². The van der Waals surface area contributed by atoms with Crippen LogP contribution >= 0.6 is 0 Å². The molecule has 0 radical (unpaired) electrons. The number of aromatic nitrogens is 3. The van der Waals surface area contributed by atoms with E-state index in [-0.39, 0.29) is 0 Å². The molecule has 0 atom stereocenters. The average molecular weight is 576 g/mol. The maximum absolute atomic E-state index is 5.32. The summed E-state index contributed by atoms with van der Waals surface area (Å²) in [6.45, 7) is 3.04. The second kappa shape index (κ2) is 10.1. The van der Waals surface area contributed by atoms with E-state index in [9.17, 15) is 0 Å². The largest absolute Gasteiger partial charge is 0.324 e. The first-order valence-corrected chi connectivity index (χ1v) is 15.6. The van der Waals surface area contributed by atoms with Crippen LogP contribution in [0.15, 0.2) is 146 Å². The first-order valence-electron chi connectivity index (χ1n) is 15.6. The molecule has 9 aromatic rings. The lowest BCUT2D eigenvalue weighted by Gasteiger charge is -2.17. The van der Waals surface area contributed by atoms with Gasteiger partial charge in [0.25, 0.3) is 0 Å². The molecule has 2 aromatic heterocycles. The molecule has 0 saturated carbocycles. The van der Waals surface area contributed by atoms with Crippen molar-refractivity contribution in [3.63, 3.8) is 0 Å². The van der Waals surface area contributed by atoms with Crippen molar-refractivity contribution in [3.8, 4) is 33.8 Å². The SMILES string of the molecule is CCn1c(-c2cccc(-c3cc4c(-c5ccc6ccccc6c5)nc5ccccc5c4c4ccccc34)c2)nc2ccccc21. The third-order valence-corrected chi connectivity index (χ3v) is 9.13. The Morgan fingerprint density at radius 3 is 2.07 bits per heavy atom. The Morgan fingerprint density at radius 1 is 0.489 bits per heavy atom. The number of nitrogens with zero attached hydrogens (tertiary/aromatic N) is 3. The molecule has 0 aliphatic carbocycles. The average Bonchev–Trinajstić information content (AvgIpc) is 3.49. The number of rotatable bonds is 4. The highest BCUT2D eigenvalue weighted by Crippen LogP contribution is 2.42. The van der Waals surface area contributed by atoms with Gasteiger partial charge in [0.1, 0.15) is 5.82 Å². The van der Waals surface area contributed by atoms with E-state index in [1.165, 1.54) is 37.9 Å². The lowest BCUT2D eigenvalue weighted by molar-refractivity contribution is 0.796. The van der Waals surface area contributed by atoms with Crippen LogP contribution in [-0.4, -0.2) is 14.5 Å². The zero-order valence-electron chi connectivity index (χ0n) is 24.9. The van der Waals surface area contributed by atoms with Gasteiger partial charge >= 0.3 is 0 Å². The van der Waals surface area contributed by atoms with E-state index in [0.29, 0.717) is 0 Å². The van der Waals surface area contributed by atoms with Crippen molar-refractivity contribution in [2.45, 2.75) is 13.5 Å². The Bertz CT molecular complexity index is 2590. The van der Waals surface area contributed by atoms with E-state index in [1.54, 1.807) is 0 Å². The van der Waals surface area contributed by atoms with Crippen LogP contribution in [0.1, 0.15) is 6.92 Å². The summed E-state index contributed by atoms with van der Waals surface area (Å²) >= 11 is 0. The first-order chi connectivity index (χ1) is 22.3. The predicted molar refractivity (Wildman–Crippen MR) is 190 cm³/mol. The molecule has 3 heteroatoms. The number of hydrogen-bond donors (Lipinski definition) is 0. The summed E-state index contributed by atoms with van der Waals surface area (Å²) in [5.41, 5.74) is 8.79. The van der Waals surface area contributed by atoms with Crippen LogP contribution in [0.3, 0.4) is 0 Å². The zero-order valence-corrected chi connectivity index (χ0v) is 24.9. The summed E-state index contributed by atoms with van der Waals surface area (Å²) in [4.78, 5) is 10.4. The molecule has 0 unspecified atom stereocenters. The second-order valence-electron chi connectivity index (χ2n) is 11.7. The van der Waals surface area contributed by atoms with E-state index in [0.717, 1.165) is 56.7 Å². The van der Waals surface area contributed by atoms with Crippen molar-refractivity contribution in [1.82, 2.24) is 14.5 Å². The Labute approximate surface area is 261 Å². The topological polar surface area (TPSA) is 30.7 Å². The lowest BCUT2D eigenvalue weighted by atomic mass is 9.89. The normalized spacial score (nSPS) is 11.8. The molecule has 0 bridgehead atoms. The van der Waals surface area contributed by atoms with Crippen molar-refractivity contribution in [1.29, 1.82) is 0 Å².